The number of fused-ring (bicyclic) bond motifs is 1. The SMILES string of the molecule is CCCC/C(=C1\SC(=S)N(CC(=O)O)C1=O)c1c[nH]c2ccccc12. The third-order valence-corrected chi connectivity index (χ3v) is 5.60. The van der Waals surface area contributed by atoms with Crippen molar-refractivity contribution in [3.8, 4) is 0 Å². The van der Waals surface area contributed by atoms with E-state index in [0.717, 1.165) is 41.3 Å². The molecule has 5 nitrogen and oxygen atoms in total. The molecule has 1 aliphatic rings. The largest absolute Gasteiger partial charge is 0.480 e. The van der Waals surface area contributed by atoms with Gasteiger partial charge in [-0.2, -0.15) is 0 Å². The maximum absolute atomic E-state index is 12.8. The number of amides is 1. The summed E-state index contributed by atoms with van der Waals surface area (Å²) in [5.41, 5.74) is 2.93. The summed E-state index contributed by atoms with van der Waals surface area (Å²) in [4.78, 5) is 28.7. The number of aromatic amines is 1. The van der Waals surface area contributed by atoms with Crippen LogP contribution < -0.4 is 0 Å². The van der Waals surface area contributed by atoms with Gasteiger partial charge >= 0.3 is 5.97 Å². The molecule has 0 spiro atoms. The minimum atomic E-state index is -1.07. The number of aromatic nitrogens is 1. The minimum Gasteiger partial charge on any atom is -0.480 e. The molecule has 0 bridgehead atoms. The summed E-state index contributed by atoms with van der Waals surface area (Å²) >= 11 is 6.43. The first kappa shape index (κ1) is 17.7. The number of carboxylic acid groups (broad SMARTS) is 1. The molecule has 130 valence electrons. The Morgan fingerprint density at radius 1 is 1.36 bits per heavy atom. The first-order valence-electron chi connectivity index (χ1n) is 8.08. The predicted molar refractivity (Wildman–Crippen MR) is 104 cm³/mol. The molecule has 1 aromatic heterocycles. The number of thioether (sulfide) groups is 1. The number of thiocarbonyl (C=S) groups is 1. The highest BCUT2D eigenvalue weighted by Crippen LogP contribution is 2.40. The Balaban J connectivity index is 2.09. The third-order valence-electron chi connectivity index (χ3n) is 4.11. The fraction of sp³-hybridized carbons (Fsp3) is 0.278. The number of nitrogens with zero attached hydrogens (tertiary/aromatic N) is 1. The van der Waals surface area contributed by atoms with Crippen LogP contribution in [0.15, 0.2) is 35.4 Å². The summed E-state index contributed by atoms with van der Waals surface area (Å²) in [6, 6.07) is 7.93. The molecule has 0 aliphatic carbocycles. The molecule has 7 heteroatoms. The van der Waals surface area contributed by atoms with Crippen LogP contribution in [0.3, 0.4) is 0 Å². The molecule has 0 radical (unpaired) electrons. The van der Waals surface area contributed by atoms with E-state index in [9.17, 15) is 9.59 Å². The smallest absolute Gasteiger partial charge is 0.323 e. The molecule has 0 saturated carbocycles. The van der Waals surface area contributed by atoms with Gasteiger partial charge in [-0.05, 0) is 24.5 Å². The van der Waals surface area contributed by atoms with Crippen molar-refractivity contribution in [1.82, 2.24) is 9.88 Å². The number of carboxylic acids is 1. The van der Waals surface area contributed by atoms with Gasteiger partial charge in [0.2, 0.25) is 0 Å². The molecule has 2 aromatic rings. The fourth-order valence-electron chi connectivity index (χ4n) is 2.90. The number of carbonyl (C=O) groups excluding carboxylic acids is 1. The lowest BCUT2D eigenvalue weighted by Gasteiger charge is -2.12. The van der Waals surface area contributed by atoms with Gasteiger partial charge < -0.3 is 10.1 Å². The van der Waals surface area contributed by atoms with Crippen LogP contribution in [0.4, 0.5) is 0 Å². The Morgan fingerprint density at radius 3 is 2.84 bits per heavy atom. The molecular weight excluding hydrogens is 356 g/mol. The van der Waals surface area contributed by atoms with Gasteiger partial charge in [-0.15, -0.1) is 0 Å². The monoisotopic (exact) mass is 374 g/mol. The van der Waals surface area contributed by atoms with Gasteiger partial charge in [0.15, 0.2) is 0 Å². The van der Waals surface area contributed by atoms with Gasteiger partial charge in [-0.25, -0.2) is 0 Å². The molecular formula is C18H18N2O3S2. The highest BCUT2D eigenvalue weighted by atomic mass is 32.2. The number of benzene rings is 1. The number of carbonyl (C=O) groups is 2. The Bertz CT molecular complexity index is 885. The molecule has 1 amide bonds. The summed E-state index contributed by atoms with van der Waals surface area (Å²) in [5.74, 6) is -1.38. The highest BCUT2D eigenvalue weighted by Gasteiger charge is 2.36. The lowest BCUT2D eigenvalue weighted by Crippen LogP contribution is -2.33. The van der Waals surface area contributed by atoms with E-state index in [-0.39, 0.29) is 5.91 Å². The van der Waals surface area contributed by atoms with Crippen LogP contribution in [0.2, 0.25) is 0 Å². The van der Waals surface area contributed by atoms with Crippen molar-refractivity contribution < 1.29 is 14.7 Å². The molecule has 2 N–H and O–H groups in total. The number of para-hydroxylation sites is 1. The number of allylic oxidation sites excluding steroid dienone is 1. The first-order chi connectivity index (χ1) is 12.0. The molecule has 1 aromatic carbocycles. The van der Waals surface area contributed by atoms with E-state index >= 15 is 0 Å². The number of rotatable bonds is 6. The predicted octanol–water partition coefficient (Wildman–Crippen LogP) is 4.01. The summed E-state index contributed by atoms with van der Waals surface area (Å²) in [5, 5.41) is 10.1. The van der Waals surface area contributed by atoms with Crippen molar-refractivity contribution in [2.45, 2.75) is 26.2 Å². The van der Waals surface area contributed by atoms with Crippen molar-refractivity contribution in [1.29, 1.82) is 0 Å². The second-order valence-corrected chi connectivity index (χ2v) is 7.46. The molecule has 3 rings (SSSR count). The standard InChI is InChI=1S/C18H18N2O3S2/c1-2-3-6-12(13-9-19-14-8-5-4-7-11(13)14)16-17(23)20(10-15(21)22)18(24)25-16/h4-5,7-9,19H,2-3,6,10H2,1H3,(H,21,22)/b16-12+. The third kappa shape index (κ3) is 3.48. The number of unbranched alkanes of at least 4 members (excludes halogenated alkanes) is 1. The number of hydrogen-bond donors (Lipinski definition) is 2. The van der Waals surface area contributed by atoms with E-state index in [1.165, 1.54) is 16.7 Å². The van der Waals surface area contributed by atoms with Crippen LogP contribution in [0.1, 0.15) is 31.7 Å². The van der Waals surface area contributed by atoms with E-state index in [0.29, 0.717) is 9.23 Å². The molecule has 25 heavy (non-hydrogen) atoms. The molecule has 1 aliphatic heterocycles. The van der Waals surface area contributed by atoms with Gasteiger partial charge in [0.25, 0.3) is 5.91 Å². The van der Waals surface area contributed by atoms with E-state index in [1.807, 2.05) is 30.5 Å². The Kier molecular flexibility index (Phi) is 5.24. The summed E-state index contributed by atoms with van der Waals surface area (Å²) in [6.45, 7) is 1.70. The second kappa shape index (κ2) is 7.41. The Labute approximate surface area is 155 Å². The average molecular weight is 374 g/mol. The van der Waals surface area contributed by atoms with E-state index in [4.69, 9.17) is 17.3 Å². The Morgan fingerprint density at radius 2 is 2.12 bits per heavy atom. The second-order valence-electron chi connectivity index (χ2n) is 5.81. The van der Waals surface area contributed by atoms with Gasteiger partial charge in [-0.3, -0.25) is 14.5 Å². The Hall–Kier alpha value is -2.12. The van der Waals surface area contributed by atoms with E-state index in [2.05, 4.69) is 11.9 Å². The van der Waals surface area contributed by atoms with Gasteiger partial charge in [0.1, 0.15) is 10.9 Å². The first-order valence-corrected chi connectivity index (χ1v) is 9.30. The highest BCUT2D eigenvalue weighted by molar-refractivity contribution is 8.26. The number of aliphatic carboxylic acids is 1. The van der Waals surface area contributed by atoms with Crippen LogP contribution in [0, 0.1) is 0 Å². The molecule has 1 fully saturated rings. The minimum absolute atomic E-state index is 0.302. The normalized spacial score (nSPS) is 16.8. The van der Waals surface area contributed by atoms with E-state index < -0.39 is 12.5 Å². The van der Waals surface area contributed by atoms with Crippen molar-refractivity contribution >= 4 is 56.7 Å². The van der Waals surface area contributed by atoms with E-state index in [1.54, 1.807) is 0 Å². The van der Waals surface area contributed by atoms with Crippen LogP contribution in [0.5, 0.6) is 0 Å². The lowest BCUT2D eigenvalue weighted by atomic mass is 9.99. The van der Waals surface area contributed by atoms with Gasteiger partial charge in [0, 0.05) is 22.7 Å². The van der Waals surface area contributed by atoms with Crippen LogP contribution in [-0.2, 0) is 9.59 Å². The zero-order valence-corrected chi connectivity index (χ0v) is 15.4. The van der Waals surface area contributed by atoms with Gasteiger partial charge in [0.05, 0.1) is 4.91 Å². The van der Waals surface area contributed by atoms with Gasteiger partial charge in [-0.1, -0.05) is 55.5 Å². The quantitative estimate of drug-likeness (QED) is 0.590. The average Bonchev–Trinajstić information content (AvgIpc) is 3.12. The molecule has 2 heterocycles. The van der Waals surface area contributed by atoms with Crippen LogP contribution in [0.25, 0.3) is 16.5 Å². The summed E-state index contributed by atoms with van der Waals surface area (Å²) in [6.07, 6.45) is 4.61. The number of hydrogen-bond acceptors (Lipinski definition) is 4. The van der Waals surface area contributed by atoms with Crippen molar-refractivity contribution in [2.75, 3.05) is 6.54 Å². The molecule has 1 saturated heterocycles. The topological polar surface area (TPSA) is 73.4 Å². The number of H-pyrrole nitrogens is 1. The zero-order chi connectivity index (χ0) is 18.0. The molecule has 0 atom stereocenters. The van der Waals surface area contributed by atoms with Crippen molar-refractivity contribution in [3.05, 3.63) is 40.9 Å². The van der Waals surface area contributed by atoms with Crippen LogP contribution in [-0.4, -0.2) is 37.7 Å². The maximum atomic E-state index is 12.8. The molecule has 0 unspecified atom stereocenters. The van der Waals surface area contributed by atoms with Crippen LogP contribution >= 0.6 is 24.0 Å². The summed E-state index contributed by atoms with van der Waals surface area (Å²) in [7, 11) is 0. The number of nitrogens with one attached hydrogen (secondary N) is 1. The summed E-state index contributed by atoms with van der Waals surface area (Å²) < 4.78 is 0.302. The maximum Gasteiger partial charge on any atom is 0.323 e. The van der Waals surface area contributed by atoms with Crippen molar-refractivity contribution in [3.63, 3.8) is 0 Å². The van der Waals surface area contributed by atoms with Crippen molar-refractivity contribution in [2.24, 2.45) is 0 Å². The fourth-order valence-corrected chi connectivity index (χ4v) is 4.26. The lowest BCUT2D eigenvalue weighted by molar-refractivity contribution is -0.140. The zero-order valence-electron chi connectivity index (χ0n) is 13.7.